The fraction of sp³-hybridized carbons (Fsp3) is 0.667. The Kier molecular flexibility index (Phi) is 5.45. The predicted molar refractivity (Wildman–Crippen MR) is 81.8 cm³/mol. The van der Waals surface area contributed by atoms with E-state index in [2.05, 4.69) is 40.6 Å². The second kappa shape index (κ2) is 7.34. The summed E-state index contributed by atoms with van der Waals surface area (Å²) in [5.74, 6) is 0. The van der Waals surface area contributed by atoms with Crippen LogP contribution in [-0.2, 0) is 0 Å². The SMILES string of the molecule is CCNc1cncc(NCCN(C)C2CCCC2)c1. The molecule has 0 saturated heterocycles. The van der Waals surface area contributed by atoms with Crippen LogP contribution in [0, 0.1) is 0 Å². The van der Waals surface area contributed by atoms with Crippen molar-refractivity contribution < 1.29 is 0 Å². The van der Waals surface area contributed by atoms with Gasteiger partial charge in [0.1, 0.15) is 0 Å². The predicted octanol–water partition coefficient (Wildman–Crippen LogP) is 2.80. The van der Waals surface area contributed by atoms with E-state index in [9.17, 15) is 0 Å². The maximum Gasteiger partial charge on any atom is 0.0547 e. The number of anilines is 2. The van der Waals surface area contributed by atoms with Crippen LogP contribution in [-0.4, -0.2) is 42.6 Å². The van der Waals surface area contributed by atoms with Crippen LogP contribution < -0.4 is 10.6 Å². The summed E-state index contributed by atoms with van der Waals surface area (Å²) in [6.07, 6.45) is 9.28. The molecule has 1 aromatic heterocycles. The molecule has 1 fully saturated rings. The number of nitrogens with one attached hydrogen (secondary N) is 2. The molecule has 0 spiro atoms. The maximum atomic E-state index is 4.24. The van der Waals surface area contributed by atoms with E-state index in [0.717, 1.165) is 37.1 Å². The Morgan fingerprint density at radius 2 is 1.89 bits per heavy atom. The minimum absolute atomic E-state index is 0.799. The Morgan fingerprint density at radius 1 is 1.21 bits per heavy atom. The molecule has 0 aromatic carbocycles. The Balaban J connectivity index is 1.73. The highest BCUT2D eigenvalue weighted by molar-refractivity contribution is 5.53. The van der Waals surface area contributed by atoms with E-state index in [0.29, 0.717) is 0 Å². The van der Waals surface area contributed by atoms with Gasteiger partial charge in [-0.15, -0.1) is 0 Å². The van der Waals surface area contributed by atoms with Crippen LogP contribution >= 0.6 is 0 Å². The third kappa shape index (κ3) is 4.39. The van der Waals surface area contributed by atoms with Gasteiger partial charge in [0.2, 0.25) is 0 Å². The number of rotatable bonds is 7. The molecular weight excluding hydrogens is 236 g/mol. The summed E-state index contributed by atoms with van der Waals surface area (Å²) in [5, 5.41) is 6.73. The molecule has 0 radical (unpaired) electrons. The van der Waals surface area contributed by atoms with Crippen LogP contribution in [0.15, 0.2) is 18.5 Å². The van der Waals surface area contributed by atoms with Gasteiger partial charge in [-0.1, -0.05) is 12.8 Å². The quantitative estimate of drug-likeness (QED) is 0.793. The molecule has 1 saturated carbocycles. The maximum absolute atomic E-state index is 4.24. The molecular formula is C15H26N4. The minimum atomic E-state index is 0.799. The molecule has 0 unspecified atom stereocenters. The number of nitrogens with zero attached hydrogens (tertiary/aromatic N) is 2. The zero-order chi connectivity index (χ0) is 13.5. The van der Waals surface area contributed by atoms with Crippen LogP contribution in [0.25, 0.3) is 0 Å². The average molecular weight is 262 g/mol. The van der Waals surface area contributed by atoms with Crippen LogP contribution in [0.5, 0.6) is 0 Å². The molecule has 4 nitrogen and oxygen atoms in total. The van der Waals surface area contributed by atoms with Gasteiger partial charge < -0.3 is 15.5 Å². The van der Waals surface area contributed by atoms with Crippen molar-refractivity contribution in [3.63, 3.8) is 0 Å². The van der Waals surface area contributed by atoms with E-state index in [1.165, 1.54) is 25.7 Å². The van der Waals surface area contributed by atoms with Gasteiger partial charge in [-0.25, -0.2) is 0 Å². The topological polar surface area (TPSA) is 40.2 Å². The van der Waals surface area contributed by atoms with Gasteiger partial charge in [-0.2, -0.15) is 0 Å². The van der Waals surface area contributed by atoms with Crippen LogP contribution in [0.4, 0.5) is 11.4 Å². The van der Waals surface area contributed by atoms with Crippen molar-refractivity contribution >= 4 is 11.4 Å². The van der Waals surface area contributed by atoms with E-state index < -0.39 is 0 Å². The zero-order valence-corrected chi connectivity index (χ0v) is 12.2. The molecule has 4 heteroatoms. The fourth-order valence-electron chi connectivity index (χ4n) is 2.74. The first-order valence-corrected chi connectivity index (χ1v) is 7.42. The summed E-state index contributed by atoms with van der Waals surface area (Å²) in [6.45, 7) is 5.09. The zero-order valence-electron chi connectivity index (χ0n) is 12.2. The summed E-state index contributed by atoms with van der Waals surface area (Å²) in [4.78, 5) is 6.73. The standard InChI is InChI=1S/C15H26N4/c1-3-17-13-10-14(12-16-11-13)18-8-9-19(2)15-6-4-5-7-15/h10-12,15,17-18H,3-9H2,1-2H3. The first kappa shape index (κ1) is 14.1. The van der Waals surface area contributed by atoms with E-state index in [4.69, 9.17) is 0 Å². The first-order chi connectivity index (χ1) is 9.29. The second-order valence-corrected chi connectivity index (χ2v) is 5.34. The van der Waals surface area contributed by atoms with Gasteiger partial charge in [0, 0.05) is 25.7 Å². The number of hydrogen-bond acceptors (Lipinski definition) is 4. The lowest BCUT2D eigenvalue weighted by molar-refractivity contribution is 0.254. The molecule has 1 heterocycles. The minimum Gasteiger partial charge on any atom is -0.384 e. The highest BCUT2D eigenvalue weighted by Gasteiger charge is 2.18. The summed E-state index contributed by atoms with van der Waals surface area (Å²) in [5.41, 5.74) is 2.18. The molecule has 1 aliphatic rings. The highest BCUT2D eigenvalue weighted by atomic mass is 15.1. The summed E-state index contributed by atoms with van der Waals surface area (Å²) >= 11 is 0. The molecule has 2 rings (SSSR count). The van der Waals surface area contributed by atoms with Crippen molar-refractivity contribution in [1.29, 1.82) is 0 Å². The summed E-state index contributed by atoms with van der Waals surface area (Å²) in [7, 11) is 2.24. The highest BCUT2D eigenvalue weighted by Crippen LogP contribution is 2.22. The van der Waals surface area contributed by atoms with E-state index in [1.54, 1.807) is 0 Å². The van der Waals surface area contributed by atoms with Crippen molar-refractivity contribution in [2.75, 3.05) is 37.3 Å². The van der Waals surface area contributed by atoms with E-state index in [-0.39, 0.29) is 0 Å². The molecule has 0 aliphatic heterocycles. The average Bonchev–Trinajstić information content (AvgIpc) is 2.93. The number of aromatic nitrogens is 1. The Bertz CT molecular complexity index is 374. The lowest BCUT2D eigenvalue weighted by Crippen LogP contribution is -2.33. The van der Waals surface area contributed by atoms with E-state index in [1.807, 2.05) is 12.4 Å². The Labute approximate surface area is 116 Å². The lowest BCUT2D eigenvalue weighted by atomic mass is 10.2. The lowest BCUT2D eigenvalue weighted by Gasteiger charge is -2.24. The van der Waals surface area contributed by atoms with Crippen LogP contribution in [0.3, 0.4) is 0 Å². The number of hydrogen-bond donors (Lipinski definition) is 2. The largest absolute Gasteiger partial charge is 0.384 e. The van der Waals surface area contributed by atoms with Crippen LogP contribution in [0.1, 0.15) is 32.6 Å². The van der Waals surface area contributed by atoms with Crippen molar-refractivity contribution in [3.05, 3.63) is 18.5 Å². The van der Waals surface area contributed by atoms with Gasteiger partial charge in [0.05, 0.1) is 23.8 Å². The van der Waals surface area contributed by atoms with Crippen molar-refractivity contribution in [3.8, 4) is 0 Å². The molecule has 0 amide bonds. The van der Waals surface area contributed by atoms with Crippen LogP contribution in [0.2, 0.25) is 0 Å². The van der Waals surface area contributed by atoms with Crippen molar-refractivity contribution in [1.82, 2.24) is 9.88 Å². The molecule has 0 bridgehead atoms. The second-order valence-electron chi connectivity index (χ2n) is 5.34. The molecule has 0 atom stereocenters. The van der Waals surface area contributed by atoms with Crippen molar-refractivity contribution in [2.24, 2.45) is 0 Å². The van der Waals surface area contributed by atoms with Crippen molar-refractivity contribution in [2.45, 2.75) is 38.6 Å². The fourth-order valence-corrected chi connectivity index (χ4v) is 2.74. The normalized spacial score (nSPS) is 15.9. The third-order valence-corrected chi connectivity index (χ3v) is 3.86. The van der Waals surface area contributed by atoms with Gasteiger partial charge >= 0.3 is 0 Å². The van der Waals surface area contributed by atoms with Gasteiger partial charge in [-0.3, -0.25) is 4.98 Å². The Hall–Kier alpha value is -1.29. The number of likely N-dealkylation sites (N-methyl/N-ethyl adjacent to an activating group) is 1. The molecule has 19 heavy (non-hydrogen) atoms. The third-order valence-electron chi connectivity index (χ3n) is 3.86. The molecule has 1 aliphatic carbocycles. The smallest absolute Gasteiger partial charge is 0.0547 e. The molecule has 106 valence electrons. The van der Waals surface area contributed by atoms with Gasteiger partial charge in [0.25, 0.3) is 0 Å². The van der Waals surface area contributed by atoms with Gasteiger partial charge in [-0.05, 0) is 32.9 Å². The monoisotopic (exact) mass is 262 g/mol. The molecule has 2 N–H and O–H groups in total. The van der Waals surface area contributed by atoms with E-state index >= 15 is 0 Å². The summed E-state index contributed by atoms with van der Waals surface area (Å²) < 4.78 is 0. The number of pyridine rings is 1. The van der Waals surface area contributed by atoms with Gasteiger partial charge in [0.15, 0.2) is 0 Å². The first-order valence-electron chi connectivity index (χ1n) is 7.42. The molecule has 1 aromatic rings. The Morgan fingerprint density at radius 3 is 2.58 bits per heavy atom. The summed E-state index contributed by atoms with van der Waals surface area (Å²) in [6, 6.07) is 2.92.